The van der Waals surface area contributed by atoms with Crippen LogP contribution in [0.4, 0.5) is 5.69 Å². The first kappa shape index (κ1) is 22.6. The van der Waals surface area contributed by atoms with Crippen LogP contribution in [0.2, 0.25) is 5.02 Å². The molecule has 3 aromatic carbocycles. The number of carbonyl (C=O) groups is 1. The normalized spacial score (nSPS) is 11.7. The predicted molar refractivity (Wildman–Crippen MR) is 132 cm³/mol. The average molecular weight is 475 g/mol. The van der Waals surface area contributed by atoms with Gasteiger partial charge in [0, 0.05) is 5.02 Å². The second-order valence-electron chi connectivity index (χ2n) is 7.30. The van der Waals surface area contributed by atoms with E-state index in [-0.39, 0.29) is 18.0 Å². The van der Waals surface area contributed by atoms with Crippen molar-refractivity contribution in [2.24, 2.45) is 0 Å². The summed E-state index contributed by atoms with van der Waals surface area (Å²) in [4.78, 5) is 30.9. The highest BCUT2D eigenvalue weighted by Gasteiger charge is 2.21. The lowest BCUT2D eigenvalue weighted by atomic mass is 10.2. The molecule has 6 nitrogen and oxygen atoms in total. The lowest BCUT2D eigenvalue weighted by Gasteiger charge is -2.17. The fraction of sp³-hybridized carbons (Fsp3) is 0.120. The number of aromatic nitrogens is 2. The van der Waals surface area contributed by atoms with E-state index >= 15 is 0 Å². The van der Waals surface area contributed by atoms with Crippen LogP contribution in [-0.2, 0) is 11.3 Å². The smallest absolute Gasteiger partial charge is 0.262 e. The maximum absolute atomic E-state index is 13.3. The maximum Gasteiger partial charge on any atom is 0.262 e. The van der Waals surface area contributed by atoms with Crippen LogP contribution in [0, 0.1) is 11.3 Å². The molecule has 0 aliphatic carbocycles. The van der Waals surface area contributed by atoms with Gasteiger partial charge >= 0.3 is 0 Å². The van der Waals surface area contributed by atoms with Gasteiger partial charge in [0.2, 0.25) is 5.91 Å². The first-order valence-corrected chi connectivity index (χ1v) is 11.4. The van der Waals surface area contributed by atoms with Crippen molar-refractivity contribution >= 4 is 45.9 Å². The van der Waals surface area contributed by atoms with Crippen LogP contribution in [0.25, 0.3) is 10.9 Å². The fourth-order valence-electron chi connectivity index (χ4n) is 3.31. The van der Waals surface area contributed by atoms with Gasteiger partial charge in [-0.15, -0.1) is 0 Å². The first-order valence-electron chi connectivity index (χ1n) is 10.2. The molecule has 0 spiro atoms. The van der Waals surface area contributed by atoms with E-state index in [4.69, 9.17) is 11.6 Å². The Morgan fingerprint density at radius 3 is 2.61 bits per heavy atom. The van der Waals surface area contributed by atoms with Crippen LogP contribution in [0.3, 0.4) is 0 Å². The molecule has 0 radical (unpaired) electrons. The molecule has 0 fully saturated rings. The number of hydrogen-bond acceptors (Lipinski definition) is 5. The molecule has 4 rings (SSSR count). The molecule has 4 aromatic rings. The third-order valence-corrected chi connectivity index (χ3v) is 6.53. The summed E-state index contributed by atoms with van der Waals surface area (Å²) in [5.74, 6) is -0.297. The molecule has 1 heterocycles. The van der Waals surface area contributed by atoms with Crippen LogP contribution in [0.1, 0.15) is 18.1 Å². The van der Waals surface area contributed by atoms with E-state index in [1.54, 1.807) is 60.0 Å². The molecule has 1 amide bonds. The van der Waals surface area contributed by atoms with Gasteiger partial charge in [-0.05, 0) is 42.8 Å². The Hall–Kier alpha value is -3.60. The second-order valence-corrected chi connectivity index (χ2v) is 9.02. The van der Waals surface area contributed by atoms with Gasteiger partial charge in [0.25, 0.3) is 5.56 Å². The number of amides is 1. The minimum Gasteiger partial charge on any atom is -0.324 e. The van der Waals surface area contributed by atoms with Gasteiger partial charge in [-0.1, -0.05) is 65.8 Å². The Bertz CT molecular complexity index is 1440. The summed E-state index contributed by atoms with van der Waals surface area (Å²) in [5.41, 5.74) is 1.95. The van der Waals surface area contributed by atoms with E-state index in [2.05, 4.69) is 16.4 Å². The highest BCUT2D eigenvalue weighted by Crippen LogP contribution is 2.26. The van der Waals surface area contributed by atoms with Crippen LogP contribution in [0.5, 0.6) is 0 Å². The molecule has 1 unspecified atom stereocenters. The van der Waals surface area contributed by atoms with Crippen molar-refractivity contribution < 1.29 is 4.79 Å². The van der Waals surface area contributed by atoms with E-state index < -0.39 is 5.25 Å². The van der Waals surface area contributed by atoms with Crippen molar-refractivity contribution in [3.63, 3.8) is 0 Å². The minimum absolute atomic E-state index is 0.203. The van der Waals surface area contributed by atoms with Crippen LogP contribution >= 0.6 is 23.4 Å². The molecule has 33 heavy (non-hydrogen) atoms. The largest absolute Gasteiger partial charge is 0.324 e. The number of nitrogens with one attached hydrogen (secondary N) is 1. The number of anilines is 1. The molecule has 0 bridgehead atoms. The number of halogens is 1. The number of rotatable bonds is 6. The van der Waals surface area contributed by atoms with E-state index in [0.717, 1.165) is 5.56 Å². The number of thioether (sulfide) groups is 1. The predicted octanol–water partition coefficient (Wildman–Crippen LogP) is 5.09. The Morgan fingerprint density at radius 2 is 1.82 bits per heavy atom. The molecule has 8 heteroatoms. The second kappa shape index (κ2) is 9.90. The van der Waals surface area contributed by atoms with E-state index in [1.165, 1.54) is 11.8 Å². The highest BCUT2D eigenvalue weighted by molar-refractivity contribution is 8.00. The Kier molecular flexibility index (Phi) is 6.78. The summed E-state index contributed by atoms with van der Waals surface area (Å²) in [6.07, 6.45) is 0. The number of para-hydroxylation sites is 2. The number of hydrogen-bond donors (Lipinski definition) is 1. The minimum atomic E-state index is -0.581. The summed E-state index contributed by atoms with van der Waals surface area (Å²) in [7, 11) is 0. The first-order chi connectivity index (χ1) is 16.0. The topological polar surface area (TPSA) is 87.8 Å². The zero-order chi connectivity index (χ0) is 23.4. The van der Waals surface area contributed by atoms with Crippen LogP contribution in [0.15, 0.2) is 82.7 Å². The van der Waals surface area contributed by atoms with Gasteiger partial charge in [0.05, 0.1) is 33.9 Å². The number of nitriles is 1. The van der Waals surface area contributed by atoms with Crippen molar-refractivity contribution in [2.45, 2.75) is 23.9 Å². The van der Waals surface area contributed by atoms with Gasteiger partial charge in [-0.2, -0.15) is 5.26 Å². The van der Waals surface area contributed by atoms with Gasteiger partial charge in [0.1, 0.15) is 6.07 Å². The molecule has 164 valence electrons. The molecule has 1 atom stereocenters. The van der Waals surface area contributed by atoms with Gasteiger partial charge < -0.3 is 5.32 Å². The highest BCUT2D eigenvalue weighted by atomic mass is 35.5. The monoisotopic (exact) mass is 474 g/mol. The summed E-state index contributed by atoms with van der Waals surface area (Å²) in [5, 5.41) is 12.9. The zero-order valence-corrected chi connectivity index (χ0v) is 19.2. The van der Waals surface area contributed by atoms with Crippen LogP contribution < -0.4 is 10.9 Å². The van der Waals surface area contributed by atoms with Gasteiger partial charge in [0.15, 0.2) is 5.16 Å². The number of benzene rings is 3. The Balaban J connectivity index is 1.69. The maximum atomic E-state index is 13.3. The molecule has 1 aromatic heterocycles. The third kappa shape index (κ3) is 4.92. The Labute approximate surface area is 199 Å². The van der Waals surface area contributed by atoms with E-state index in [9.17, 15) is 14.9 Å². The lowest BCUT2D eigenvalue weighted by Crippen LogP contribution is -2.27. The number of nitrogens with zero attached hydrogens (tertiary/aromatic N) is 3. The van der Waals surface area contributed by atoms with E-state index in [0.29, 0.717) is 32.3 Å². The van der Waals surface area contributed by atoms with E-state index in [1.807, 2.05) is 24.3 Å². The molecule has 0 aliphatic heterocycles. The Morgan fingerprint density at radius 1 is 1.12 bits per heavy atom. The number of carbonyl (C=O) groups excluding carboxylic acids is 1. The molecule has 1 N–H and O–H groups in total. The standard InChI is InChI=1S/C25H19ClN4O2S/c1-16(23(31)28-21-12-6-3-8-17(21)14-27)33-25-29-22-13-7-4-10-19(22)24(32)30(25)15-18-9-2-5-11-20(18)26/h2-13,16H,15H2,1H3,(H,28,31). The molecular formula is C25H19ClN4O2S. The zero-order valence-electron chi connectivity index (χ0n) is 17.7. The van der Waals surface area contributed by atoms with Crippen molar-refractivity contribution in [2.75, 3.05) is 5.32 Å². The quantitative estimate of drug-likeness (QED) is 0.310. The molecular weight excluding hydrogens is 456 g/mol. The fourth-order valence-corrected chi connectivity index (χ4v) is 4.41. The van der Waals surface area contributed by atoms with Crippen molar-refractivity contribution in [1.82, 2.24) is 9.55 Å². The summed E-state index contributed by atoms with van der Waals surface area (Å²) in [6.45, 7) is 1.96. The van der Waals surface area contributed by atoms with Gasteiger partial charge in [-0.25, -0.2) is 4.98 Å². The SMILES string of the molecule is CC(Sc1nc2ccccc2c(=O)n1Cc1ccccc1Cl)C(=O)Nc1ccccc1C#N. The average Bonchev–Trinajstić information content (AvgIpc) is 2.83. The van der Waals surface area contributed by atoms with Crippen molar-refractivity contribution in [1.29, 1.82) is 5.26 Å². The van der Waals surface area contributed by atoms with Crippen molar-refractivity contribution in [3.8, 4) is 6.07 Å². The summed E-state index contributed by atoms with van der Waals surface area (Å²) in [6, 6.07) is 23.3. The molecule has 0 aliphatic rings. The lowest BCUT2D eigenvalue weighted by molar-refractivity contribution is -0.115. The van der Waals surface area contributed by atoms with Crippen LogP contribution in [-0.4, -0.2) is 20.7 Å². The summed E-state index contributed by atoms with van der Waals surface area (Å²) >= 11 is 7.52. The van der Waals surface area contributed by atoms with Crippen molar-refractivity contribution in [3.05, 3.63) is 99.3 Å². The summed E-state index contributed by atoms with van der Waals surface area (Å²) < 4.78 is 1.54. The molecule has 0 saturated carbocycles. The third-order valence-electron chi connectivity index (χ3n) is 5.07. The molecule has 0 saturated heterocycles. The number of fused-ring (bicyclic) bond motifs is 1. The van der Waals surface area contributed by atoms with Gasteiger partial charge in [-0.3, -0.25) is 14.2 Å².